The molecule has 3 rings (SSSR count). The molecule has 3 aromatic rings. The zero-order valence-electron chi connectivity index (χ0n) is 21.2. The summed E-state index contributed by atoms with van der Waals surface area (Å²) in [5, 5.41) is 11.9. The lowest BCUT2D eigenvalue weighted by Gasteiger charge is -2.31. The van der Waals surface area contributed by atoms with Crippen LogP contribution in [0.3, 0.4) is 0 Å². The van der Waals surface area contributed by atoms with Gasteiger partial charge in [0, 0.05) is 32.4 Å². The third-order valence-corrected chi connectivity index (χ3v) is 6.30. The Morgan fingerprint density at radius 3 is 1.84 bits per heavy atom. The molecule has 6 nitrogen and oxygen atoms in total. The Morgan fingerprint density at radius 1 is 0.703 bits per heavy atom. The first-order valence-electron chi connectivity index (χ1n) is 12.9. The third-order valence-electron chi connectivity index (χ3n) is 6.30. The summed E-state index contributed by atoms with van der Waals surface area (Å²) in [7, 11) is 0. The van der Waals surface area contributed by atoms with Crippen molar-refractivity contribution in [2.75, 3.05) is 6.54 Å². The summed E-state index contributed by atoms with van der Waals surface area (Å²) in [6, 6.07) is 28.8. The van der Waals surface area contributed by atoms with E-state index in [2.05, 4.69) is 5.32 Å². The zero-order valence-corrected chi connectivity index (χ0v) is 21.2. The molecular formula is C31H36N2O4. The fraction of sp³-hybridized carbons (Fsp3) is 0.323. The number of carbonyl (C=O) groups is 3. The average molecular weight is 501 g/mol. The number of carbonyl (C=O) groups excluding carboxylic acids is 2. The molecule has 0 aliphatic rings. The lowest BCUT2D eigenvalue weighted by atomic mass is 10.0. The fourth-order valence-electron chi connectivity index (χ4n) is 4.30. The number of carboxylic acid groups (broad SMARTS) is 1. The van der Waals surface area contributed by atoms with Gasteiger partial charge in [0.05, 0.1) is 0 Å². The van der Waals surface area contributed by atoms with E-state index in [1.165, 1.54) is 0 Å². The molecule has 2 amide bonds. The van der Waals surface area contributed by atoms with Crippen molar-refractivity contribution in [1.29, 1.82) is 0 Å². The van der Waals surface area contributed by atoms with Gasteiger partial charge in [0.25, 0.3) is 0 Å². The summed E-state index contributed by atoms with van der Waals surface area (Å²) in [6.07, 6.45) is 3.28. The van der Waals surface area contributed by atoms with E-state index < -0.39 is 12.0 Å². The molecule has 3 aromatic carbocycles. The highest BCUT2D eigenvalue weighted by Crippen LogP contribution is 2.17. The van der Waals surface area contributed by atoms with Gasteiger partial charge in [-0.3, -0.25) is 14.4 Å². The number of unbranched alkanes of at least 4 members (excludes halogenated alkanes) is 2. The van der Waals surface area contributed by atoms with E-state index in [1.807, 2.05) is 91.0 Å². The maximum atomic E-state index is 13.6. The monoisotopic (exact) mass is 500 g/mol. The number of hydrogen-bond acceptors (Lipinski definition) is 3. The molecule has 0 radical (unpaired) electrons. The van der Waals surface area contributed by atoms with Crippen molar-refractivity contribution >= 4 is 17.8 Å². The van der Waals surface area contributed by atoms with E-state index in [0.717, 1.165) is 16.7 Å². The van der Waals surface area contributed by atoms with Gasteiger partial charge in [-0.1, -0.05) is 97.4 Å². The Balaban J connectivity index is 1.76. The van der Waals surface area contributed by atoms with Crippen molar-refractivity contribution in [2.24, 2.45) is 0 Å². The largest absolute Gasteiger partial charge is 0.481 e. The highest BCUT2D eigenvalue weighted by Gasteiger charge is 2.30. The van der Waals surface area contributed by atoms with Crippen molar-refractivity contribution in [1.82, 2.24) is 10.2 Å². The summed E-state index contributed by atoms with van der Waals surface area (Å²) in [5.41, 5.74) is 3.08. The van der Waals surface area contributed by atoms with Crippen molar-refractivity contribution in [3.05, 3.63) is 108 Å². The predicted molar refractivity (Wildman–Crippen MR) is 145 cm³/mol. The van der Waals surface area contributed by atoms with Crippen molar-refractivity contribution in [3.8, 4) is 0 Å². The highest BCUT2D eigenvalue weighted by atomic mass is 16.4. The highest BCUT2D eigenvalue weighted by molar-refractivity contribution is 5.88. The molecule has 1 unspecified atom stereocenters. The molecule has 194 valence electrons. The number of nitrogens with zero attached hydrogens (tertiary/aromatic N) is 1. The standard InChI is InChI=1S/C31H36N2O4/c34-29(19-11-4-12-20-30(35)36)33(24-27-17-9-3-10-18-27)28(23-26-15-7-2-8-16-26)31(37)32-22-21-25-13-5-1-6-14-25/h1-3,5-10,13-18,28H,4,11-12,19-24H2,(H,32,37)(H,35,36). The smallest absolute Gasteiger partial charge is 0.303 e. The molecule has 0 aliphatic carbocycles. The van der Waals surface area contributed by atoms with Gasteiger partial charge < -0.3 is 15.3 Å². The van der Waals surface area contributed by atoms with E-state index in [0.29, 0.717) is 45.2 Å². The second kappa shape index (κ2) is 15.2. The van der Waals surface area contributed by atoms with E-state index in [1.54, 1.807) is 4.90 Å². The Hall–Kier alpha value is -3.93. The number of aliphatic carboxylic acids is 1. The van der Waals surface area contributed by atoms with Crippen LogP contribution in [0.5, 0.6) is 0 Å². The summed E-state index contributed by atoms with van der Waals surface area (Å²) in [4.78, 5) is 39.6. The van der Waals surface area contributed by atoms with Crippen LogP contribution in [0.25, 0.3) is 0 Å². The molecule has 0 saturated heterocycles. The van der Waals surface area contributed by atoms with Gasteiger partial charge in [-0.15, -0.1) is 0 Å². The third kappa shape index (κ3) is 9.92. The lowest BCUT2D eigenvalue weighted by molar-refractivity contribution is -0.141. The molecule has 2 N–H and O–H groups in total. The summed E-state index contributed by atoms with van der Waals surface area (Å²) in [6.45, 7) is 0.815. The molecule has 0 aromatic heterocycles. The van der Waals surface area contributed by atoms with E-state index in [9.17, 15) is 14.4 Å². The first kappa shape index (κ1) is 27.7. The molecule has 0 fully saturated rings. The van der Waals surface area contributed by atoms with Crippen LogP contribution in [0.15, 0.2) is 91.0 Å². The first-order valence-corrected chi connectivity index (χ1v) is 12.9. The van der Waals surface area contributed by atoms with Crippen LogP contribution in [0.4, 0.5) is 0 Å². The van der Waals surface area contributed by atoms with Gasteiger partial charge in [0.1, 0.15) is 6.04 Å². The van der Waals surface area contributed by atoms with E-state index >= 15 is 0 Å². The Bertz CT molecular complexity index is 1100. The number of rotatable bonds is 15. The molecule has 0 heterocycles. The van der Waals surface area contributed by atoms with Crippen LogP contribution in [-0.2, 0) is 33.8 Å². The Kier molecular flexibility index (Phi) is 11.4. The fourth-order valence-corrected chi connectivity index (χ4v) is 4.30. The van der Waals surface area contributed by atoms with Crippen molar-refractivity contribution < 1.29 is 19.5 Å². The van der Waals surface area contributed by atoms with Gasteiger partial charge >= 0.3 is 5.97 Å². The molecule has 0 bridgehead atoms. The molecule has 0 aliphatic heterocycles. The van der Waals surface area contributed by atoms with E-state index in [4.69, 9.17) is 5.11 Å². The van der Waals surface area contributed by atoms with Crippen LogP contribution in [0, 0.1) is 0 Å². The lowest BCUT2D eigenvalue weighted by Crippen LogP contribution is -2.50. The maximum absolute atomic E-state index is 13.6. The molecule has 0 spiro atoms. The van der Waals surface area contributed by atoms with Gasteiger partial charge in [-0.25, -0.2) is 0 Å². The topological polar surface area (TPSA) is 86.7 Å². The molecule has 1 atom stereocenters. The van der Waals surface area contributed by atoms with Crippen molar-refractivity contribution in [3.63, 3.8) is 0 Å². The zero-order chi connectivity index (χ0) is 26.3. The van der Waals surface area contributed by atoms with Gasteiger partial charge in [-0.2, -0.15) is 0 Å². The van der Waals surface area contributed by atoms with Crippen LogP contribution >= 0.6 is 0 Å². The van der Waals surface area contributed by atoms with Gasteiger partial charge in [0.15, 0.2) is 0 Å². The molecule has 0 saturated carbocycles. The number of hydrogen-bond donors (Lipinski definition) is 2. The molecular weight excluding hydrogens is 464 g/mol. The Morgan fingerprint density at radius 2 is 1.24 bits per heavy atom. The number of benzene rings is 3. The second-order valence-electron chi connectivity index (χ2n) is 9.19. The minimum absolute atomic E-state index is 0.0988. The average Bonchev–Trinajstić information content (AvgIpc) is 2.92. The van der Waals surface area contributed by atoms with Crippen LogP contribution < -0.4 is 5.32 Å². The van der Waals surface area contributed by atoms with E-state index in [-0.39, 0.29) is 24.7 Å². The minimum Gasteiger partial charge on any atom is -0.481 e. The second-order valence-corrected chi connectivity index (χ2v) is 9.19. The summed E-state index contributed by atoms with van der Waals surface area (Å²) in [5.74, 6) is -1.10. The van der Waals surface area contributed by atoms with Crippen molar-refractivity contribution in [2.45, 2.75) is 57.5 Å². The van der Waals surface area contributed by atoms with Gasteiger partial charge in [-0.05, 0) is 36.0 Å². The summed E-state index contributed by atoms with van der Waals surface area (Å²) < 4.78 is 0. The van der Waals surface area contributed by atoms with Crippen LogP contribution in [0.1, 0.15) is 48.8 Å². The van der Waals surface area contributed by atoms with Gasteiger partial charge in [0.2, 0.25) is 11.8 Å². The molecule has 37 heavy (non-hydrogen) atoms. The van der Waals surface area contributed by atoms with Crippen LogP contribution in [-0.4, -0.2) is 40.4 Å². The van der Waals surface area contributed by atoms with Crippen LogP contribution in [0.2, 0.25) is 0 Å². The quantitative estimate of drug-likeness (QED) is 0.287. The maximum Gasteiger partial charge on any atom is 0.303 e. The predicted octanol–water partition coefficient (Wildman–Crippen LogP) is 5.02. The Labute approximate surface area is 219 Å². The number of nitrogens with one attached hydrogen (secondary N) is 1. The minimum atomic E-state index is -0.827. The normalized spacial score (nSPS) is 11.5. The SMILES string of the molecule is O=C(O)CCCCCC(=O)N(Cc1ccccc1)C(Cc1ccccc1)C(=O)NCCc1ccccc1. The first-order chi connectivity index (χ1) is 18.0. The summed E-state index contributed by atoms with van der Waals surface area (Å²) >= 11 is 0. The molecule has 6 heteroatoms. The number of amides is 2. The number of carboxylic acids is 1.